The van der Waals surface area contributed by atoms with E-state index in [9.17, 15) is 13.2 Å². The Kier molecular flexibility index (Phi) is 4.48. The normalized spacial score (nSPS) is 11.9. The monoisotopic (exact) mass is 401 g/mol. The molecule has 1 aromatic carbocycles. The number of benzene rings is 1. The maximum Gasteiger partial charge on any atom is 0.416 e. The van der Waals surface area contributed by atoms with Crippen LogP contribution >= 0.6 is 0 Å². The van der Waals surface area contributed by atoms with Crippen LogP contribution in [0.5, 0.6) is 0 Å². The molecule has 0 bridgehead atoms. The van der Waals surface area contributed by atoms with Crippen LogP contribution in [0, 0.1) is 13.8 Å². The number of aromatic nitrogens is 6. The molecule has 150 valence electrons. The zero-order valence-corrected chi connectivity index (χ0v) is 16.0. The van der Waals surface area contributed by atoms with Gasteiger partial charge >= 0.3 is 6.18 Å². The molecule has 3 heterocycles. The molecule has 0 atom stereocenters. The molecule has 10 heteroatoms. The largest absolute Gasteiger partial charge is 0.416 e. The third-order valence-corrected chi connectivity index (χ3v) is 4.73. The molecule has 0 aliphatic heterocycles. The predicted molar refractivity (Wildman–Crippen MR) is 102 cm³/mol. The summed E-state index contributed by atoms with van der Waals surface area (Å²) in [5, 5.41) is 7.50. The molecule has 0 aliphatic rings. The summed E-state index contributed by atoms with van der Waals surface area (Å²) < 4.78 is 40.6. The Balaban J connectivity index is 1.70. The van der Waals surface area contributed by atoms with E-state index in [2.05, 4.69) is 30.4 Å². The fraction of sp³-hybridized carbons (Fsp3) is 0.263. The van der Waals surface area contributed by atoms with Gasteiger partial charge in [-0.25, -0.2) is 15.0 Å². The van der Waals surface area contributed by atoms with Crippen molar-refractivity contribution in [2.75, 3.05) is 5.32 Å². The Hall–Kier alpha value is -3.43. The van der Waals surface area contributed by atoms with Crippen molar-refractivity contribution in [1.82, 2.24) is 29.7 Å². The summed E-state index contributed by atoms with van der Waals surface area (Å²) in [5.74, 6) is 0.918. The van der Waals surface area contributed by atoms with E-state index in [0.29, 0.717) is 28.4 Å². The fourth-order valence-corrected chi connectivity index (χ4v) is 3.21. The van der Waals surface area contributed by atoms with Crippen molar-refractivity contribution in [2.24, 2.45) is 7.05 Å². The van der Waals surface area contributed by atoms with E-state index in [1.165, 1.54) is 12.4 Å². The average Bonchev–Trinajstić information content (AvgIpc) is 3.23. The van der Waals surface area contributed by atoms with Gasteiger partial charge in [0.05, 0.1) is 23.1 Å². The summed E-state index contributed by atoms with van der Waals surface area (Å²) in [6.45, 7) is 3.96. The van der Waals surface area contributed by atoms with Crippen molar-refractivity contribution >= 4 is 17.0 Å². The lowest BCUT2D eigenvalue weighted by Gasteiger charge is -2.11. The highest BCUT2D eigenvalue weighted by Crippen LogP contribution is 2.30. The van der Waals surface area contributed by atoms with Crippen molar-refractivity contribution in [3.05, 3.63) is 53.1 Å². The lowest BCUT2D eigenvalue weighted by atomic mass is 10.1. The number of hydrogen-bond donors (Lipinski definition) is 2. The molecule has 0 saturated carbocycles. The van der Waals surface area contributed by atoms with Crippen LogP contribution in [0.25, 0.3) is 22.6 Å². The number of rotatable bonds is 4. The smallest absolute Gasteiger partial charge is 0.364 e. The maximum absolute atomic E-state index is 13.0. The first-order chi connectivity index (χ1) is 13.7. The Morgan fingerprint density at radius 2 is 1.97 bits per heavy atom. The Bertz CT molecular complexity index is 1190. The number of halogens is 3. The van der Waals surface area contributed by atoms with Gasteiger partial charge in [0, 0.05) is 19.3 Å². The first-order valence-electron chi connectivity index (χ1n) is 8.85. The number of imidazole rings is 1. The van der Waals surface area contributed by atoms with Gasteiger partial charge in [-0.3, -0.25) is 4.68 Å². The first-order valence-corrected chi connectivity index (χ1v) is 8.85. The van der Waals surface area contributed by atoms with E-state index in [-0.39, 0.29) is 6.54 Å². The lowest BCUT2D eigenvalue weighted by molar-refractivity contribution is -0.137. The van der Waals surface area contributed by atoms with Crippen molar-refractivity contribution in [2.45, 2.75) is 26.6 Å². The number of aryl methyl sites for hydroxylation is 2. The third kappa shape index (κ3) is 3.53. The second kappa shape index (κ2) is 6.87. The summed E-state index contributed by atoms with van der Waals surface area (Å²) in [6.07, 6.45) is -2.88. The lowest BCUT2D eigenvalue weighted by Crippen LogP contribution is -2.08. The van der Waals surface area contributed by atoms with Crippen molar-refractivity contribution in [1.29, 1.82) is 0 Å². The number of alkyl halides is 3. The Labute approximate surface area is 164 Å². The van der Waals surface area contributed by atoms with Crippen molar-refractivity contribution in [3.8, 4) is 11.4 Å². The Morgan fingerprint density at radius 1 is 1.17 bits per heavy atom. The minimum Gasteiger partial charge on any atom is -0.364 e. The zero-order valence-electron chi connectivity index (χ0n) is 16.0. The van der Waals surface area contributed by atoms with Gasteiger partial charge in [-0.15, -0.1) is 0 Å². The highest BCUT2D eigenvalue weighted by molar-refractivity contribution is 5.85. The molecule has 0 aliphatic carbocycles. The van der Waals surface area contributed by atoms with Gasteiger partial charge in [-0.2, -0.15) is 18.3 Å². The van der Waals surface area contributed by atoms with E-state index >= 15 is 0 Å². The Morgan fingerprint density at radius 3 is 2.66 bits per heavy atom. The van der Waals surface area contributed by atoms with Gasteiger partial charge in [0.2, 0.25) is 0 Å². The number of hydrogen-bond acceptors (Lipinski definition) is 5. The van der Waals surface area contributed by atoms with Crippen LogP contribution in [-0.4, -0.2) is 29.7 Å². The quantitative estimate of drug-likeness (QED) is 0.540. The molecule has 0 saturated heterocycles. The average molecular weight is 401 g/mol. The number of fused-ring (bicyclic) bond motifs is 1. The molecule has 4 rings (SSSR count). The maximum atomic E-state index is 13.0. The van der Waals surface area contributed by atoms with Crippen LogP contribution < -0.4 is 5.32 Å². The van der Waals surface area contributed by atoms with Crippen LogP contribution in [0.2, 0.25) is 0 Å². The van der Waals surface area contributed by atoms with E-state index in [4.69, 9.17) is 0 Å². The fourth-order valence-electron chi connectivity index (χ4n) is 3.21. The summed E-state index contributed by atoms with van der Waals surface area (Å²) in [6, 6.07) is 5.19. The summed E-state index contributed by atoms with van der Waals surface area (Å²) in [4.78, 5) is 16.3. The summed E-state index contributed by atoms with van der Waals surface area (Å²) >= 11 is 0. The van der Waals surface area contributed by atoms with Gasteiger partial charge in [0.1, 0.15) is 5.52 Å². The van der Waals surface area contributed by atoms with Crippen LogP contribution in [0.15, 0.2) is 30.6 Å². The second-order valence-electron chi connectivity index (χ2n) is 6.72. The molecule has 7 nitrogen and oxygen atoms in total. The highest BCUT2D eigenvalue weighted by atomic mass is 19.4. The van der Waals surface area contributed by atoms with E-state index in [1.54, 1.807) is 10.7 Å². The van der Waals surface area contributed by atoms with Crippen LogP contribution in [0.4, 0.5) is 19.0 Å². The van der Waals surface area contributed by atoms with Crippen molar-refractivity contribution < 1.29 is 13.2 Å². The second-order valence-corrected chi connectivity index (χ2v) is 6.72. The molecule has 2 N–H and O–H groups in total. The summed E-state index contributed by atoms with van der Waals surface area (Å²) in [7, 11) is 1.84. The number of nitrogens with zero attached hydrogens (tertiary/aromatic N) is 5. The molecule has 4 aromatic rings. The SMILES string of the molecule is Cc1nn(C)c(C)c1-c1nc(NCc2cccc(C(F)(F)F)c2)c2[nH]cnc2n1. The minimum absolute atomic E-state index is 0.166. The number of nitrogens with one attached hydrogen (secondary N) is 2. The first kappa shape index (κ1) is 18.9. The van der Waals surface area contributed by atoms with Gasteiger partial charge in [-0.05, 0) is 31.5 Å². The highest BCUT2D eigenvalue weighted by Gasteiger charge is 2.30. The van der Waals surface area contributed by atoms with Gasteiger partial charge in [0.25, 0.3) is 0 Å². The van der Waals surface area contributed by atoms with Gasteiger partial charge < -0.3 is 10.3 Å². The van der Waals surface area contributed by atoms with Gasteiger partial charge in [0.15, 0.2) is 17.3 Å². The molecule has 0 radical (unpaired) electrons. The molecular formula is C19H18F3N7. The van der Waals surface area contributed by atoms with E-state index < -0.39 is 11.7 Å². The molecule has 0 fully saturated rings. The van der Waals surface area contributed by atoms with Gasteiger partial charge in [-0.1, -0.05) is 12.1 Å². The third-order valence-electron chi connectivity index (χ3n) is 4.73. The molecule has 0 spiro atoms. The van der Waals surface area contributed by atoms with Crippen molar-refractivity contribution in [3.63, 3.8) is 0 Å². The topological polar surface area (TPSA) is 84.3 Å². The van der Waals surface area contributed by atoms with E-state index in [0.717, 1.165) is 29.1 Å². The van der Waals surface area contributed by atoms with Crippen LogP contribution in [0.3, 0.4) is 0 Å². The molecular weight excluding hydrogens is 383 g/mol. The molecule has 3 aromatic heterocycles. The minimum atomic E-state index is -4.38. The molecule has 0 amide bonds. The van der Waals surface area contributed by atoms with Crippen LogP contribution in [-0.2, 0) is 19.8 Å². The van der Waals surface area contributed by atoms with Crippen LogP contribution in [0.1, 0.15) is 22.5 Å². The predicted octanol–water partition coefficient (Wildman–Crippen LogP) is 4.00. The number of anilines is 1. The summed E-state index contributed by atoms with van der Waals surface area (Å²) in [5.41, 5.74) is 3.34. The molecule has 0 unspecified atom stereocenters. The standard InChI is InChI=1S/C19H18F3N7/c1-10-14(11(2)29(3)28-10)16-26-17(15-18(27-16)25-9-24-15)23-8-12-5-4-6-13(7-12)19(20,21)22/h4-7,9H,8H2,1-3H3,(H2,23,24,25,26,27). The molecule has 29 heavy (non-hydrogen) atoms. The zero-order chi connectivity index (χ0) is 20.8. The van der Waals surface area contributed by atoms with E-state index in [1.807, 2.05) is 20.9 Å². The number of H-pyrrole nitrogens is 1. The number of aromatic amines is 1.